The average molecular weight is 534 g/mol. The van der Waals surface area contributed by atoms with Gasteiger partial charge in [-0.05, 0) is 59.1 Å². The van der Waals surface area contributed by atoms with Crippen LogP contribution in [0.3, 0.4) is 0 Å². The van der Waals surface area contributed by atoms with Crippen molar-refractivity contribution in [1.29, 1.82) is 0 Å². The maximum Gasteiger partial charge on any atom is 0.425 e. The van der Waals surface area contributed by atoms with Crippen molar-refractivity contribution in [2.45, 2.75) is 58.8 Å². The van der Waals surface area contributed by atoms with Gasteiger partial charge in [0.05, 0.1) is 17.4 Å². The fraction of sp³-hybridized carbons (Fsp3) is 0.407. The molecule has 1 fully saturated rings. The van der Waals surface area contributed by atoms with Crippen LogP contribution in [0, 0.1) is 11.8 Å². The van der Waals surface area contributed by atoms with Gasteiger partial charge in [-0.1, -0.05) is 5.92 Å². The number of urea groups is 1. The number of aryl methyl sites for hydroxylation is 1. The van der Waals surface area contributed by atoms with Crippen LogP contribution in [0.5, 0.6) is 0 Å². The number of carbonyl (C=O) groups excluding carboxylic acids is 3. The van der Waals surface area contributed by atoms with E-state index < -0.39 is 29.2 Å². The molecular formula is C27H31N7O5. The van der Waals surface area contributed by atoms with Gasteiger partial charge in [-0.15, -0.1) is 0 Å². The number of anilines is 1. The summed E-state index contributed by atoms with van der Waals surface area (Å²) >= 11 is 0. The Morgan fingerprint density at radius 3 is 2.59 bits per heavy atom. The van der Waals surface area contributed by atoms with E-state index in [1.54, 1.807) is 53.1 Å². The van der Waals surface area contributed by atoms with Gasteiger partial charge in [0.2, 0.25) is 5.95 Å². The second kappa shape index (κ2) is 10.3. The molecule has 0 atom stereocenters. The lowest BCUT2D eigenvalue weighted by atomic mass is 10.1. The van der Waals surface area contributed by atoms with Crippen LogP contribution in [-0.2, 0) is 16.1 Å². The zero-order valence-electron chi connectivity index (χ0n) is 22.6. The van der Waals surface area contributed by atoms with Crippen molar-refractivity contribution < 1.29 is 24.2 Å². The van der Waals surface area contributed by atoms with Gasteiger partial charge in [0.15, 0.2) is 0 Å². The number of imide groups is 3. The molecule has 39 heavy (non-hydrogen) atoms. The van der Waals surface area contributed by atoms with Gasteiger partial charge >= 0.3 is 12.1 Å². The first-order valence-corrected chi connectivity index (χ1v) is 12.4. The van der Waals surface area contributed by atoms with Gasteiger partial charge in [0.25, 0.3) is 5.91 Å². The summed E-state index contributed by atoms with van der Waals surface area (Å²) in [4.78, 5) is 52.1. The summed E-state index contributed by atoms with van der Waals surface area (Å²) in [5.74, 6) is 5.18. The van der Waals surface area contributed by atoms with Gasteiger partial charge in [0.1, 0.15) is 23.4 Å². The molecule has 3 N–H and O–H groups in total. The van der Waals surface area contributed by atoms with E-state index in [2.05, 4.69) is 26.8 Å². The van der Waals surface area contributed by atoms with Crippen LogP contribution in [0.25, 0.3) is 22.2 Å². The van der Waals surface area contributed by atoms with Crippen molar-refractivity contribution in [3.8, 4) is 23.1 Å². The number of amides is 4. The van der Waals surface area contributed by atoms with Gasteiger partial charge in [-0.2, -0.15) is 4.90 Å². The van der Waals surface area contributed by atoms with E-state index in [1.165, 1.54) is 4.90 Å². The normalized spacial score (nSPS) is 14.1. The first kappa shape index (κ1) is 27.5. The van der Waals surface area contributed by atoms with Crippen LogP contribution in [0.2, 0.25) is 0 Å². The fourth-order valence-corrected chi connectivity index (χ4v) is 4.03. The molecule has 0 aromatic carbocycles. The lowest BCUT2D eigenvalue weighted by Crippen LogP contribution is -2.41. The van der Waals surface area contributed by atoms with E-state index in [4.69, 9.17) is 10.5 Å². The summed E-state index contributed by atoms with van der Waals surface area (Å²) in [5.41, 5.74) is 6.51. The lowest BCUT2D eigenvalue weighted by molar-refractivity contribution is -0.124. The van der Waals surface area contributed by atoms with Crippen molar-refractivity contribution in [2.24, 2.45) is 0 Å². The van der Waals surface area contributed by atoms with Gasteiger partial charge in [-0.3, -0.25) is 4.79 Å². The number of pyridine rings is 1. The lowest BCUT2D eigenvalue weighted by Gasteiger charge is -2.22. The minimum atomic E-state index is -1.17. The Morgan fingerprint density at radius 1 is 1.18 bits per heavy atom. The summed E-state index contributed by atoms with van der Waals surface area (Å²) < 4.78 is 7.17. The molecule has 4 rings (SSSR count). The van der Waals surface area contributed by atoms with Crippen LogP contribution >= 0.6 is 0 Å². The third kappa shape index (κ3) is 6.50. The molecule has 1 aliphatic heterocycles. The fourth-order valence-electron chi connectivity index (χ4n) is 4.03. The molecule has 0 saturated carbocycles. The largest absolute Gasteiger partial charge is 0.443 e. The first-order chi connectivity index (χ1) is 18.2. The summed E-state index contributed by atoms with van der Waals surface area (Å²) in [6.07, 6.45) is 4.69. The number of aromatic nitrogens is 4. The smallest absolute Gasteiger partial charge is 0.425 e. The van der Waals surface area contributed by atoms with Crippen molar-refractivity contribution in [3.05, 3.63) is 36.4 Å². The third-order valence-corrected chi connectivity index (χ3v) is 5.65. The standard InChI is InChI=1S/C27H31N7O5/c1-26(2,3)39-25(37)34-22(35)16-33(24(34)36)12-6-11-32-15-19(20-8-10-29-23(28)31-20)18-13-17(30-14-21(18)32)7-9-27(4,5)38/h8,10,13-15,38H,6,11-12,16H2,1-5H3,(H2,28,29,31). The van der Waals surface area contributed by atoms with E-state index >= 15 is 0 Å². The molecule has 204 valence electrons. The maximum atomic E-state index is 12.7. The van der Waals surface area contributed by atoms with E-state index in [-0.39, 0.29) is 19.0 Å². The number of hydrogen-bond donors (Lipinski definition) is 2. The predicted octanol–water partition coefficient (Wildman–Crippen LogP) is 2.79. The van der Waals surface area contributed by atoms with Crippen molar-refractivity contribution >= 4 is 34.9 Å². The molecule has 0 aliphatic carbocycles. The van der Waals surface area contributed by atoms with E-state index in [1.807, 2.05) is 16.8 Å². The van der Waals surface area contributed by atoms with Crippen LogP contribution in [-0.4, -0.2) is 76.7 Å². The predicted molar refractivity (Wildman–Crippen MR) is 143 cm³/mol. The molecule has 4 amide bonds. The number of nitrogens with zero attached hydrogens (tertiary/aromatic N) is 6. The topological polar surface area (TPSA) is 157 Å². The number of rotatable bonds is 5. The van der Waals surface area contributed by atoms with E-state index in [0.29, 0.717) is 29.3 Å². The highest BCUT2D eigenvalue weighted by molar-refractivity contribution is 6.13. The maximum absolute atomic E-state index is 12.7. The van der Waals surface area contributed by atoms with Gasteiger partial charge in [-0.25, -0.2) is 24.5 Å². The average Bonchev–Trinajstić information content (AvgIpc) is 3.32. The van der Waals surface area contributed by atoms with E-state index in [0.717, 1.165) is 16.5 Å². The third-order valence-electron chi connectivity index (χ3n) is 5.65. The number of fused-ring (bicyclic) bond motifs is 1. The second-order valence-corrected chi connectivity index (χ2v) is 10.7. The van der Waals surface area contributed by atoms with Gasteiger partial charge < -0.3 is 25.0 Å². The Labute approximate surface area is 225 Å². The first-order valence-electron chi connectivity index (χ1n) is 12.4. The highest BCUT2D eigenvalue weighted by atomic mass is 16.6. The highest BCUT2D eigenvalue weighted by Crippen LogP contribution is 2.30. The highest BCUT2D eigenvalue weighted by Gasteiger charge is 2.42. The second-order valence-electron chi connectivity index (χ2n) is 10.7. The molecule has 4 heterocycles. The molecule has 1 aliphatic rings. The molecule has 1 saturated heterocycles. The number of hydrogen-bond acceptors (Lipinski definition) is 9. The summed E-state index contributed by atoms with van der Waals surface area (Å²) in [5, 5.41) is 10.8. The summed E-state index contributed by atoms with van der Waals surface area (Å²) in [6, 6.07) is 2.87. The zero-order valence-corrected chi connectivity index (χ0v) is 22.6. The minimum Gasteiger partial charge on any atom is -0.443 e. The number of aliphatic hydroxyl groups is 1. The van der Waals surface area contributed by atoms with Crippen molar-refractivity contribution in [2.75, 3.05) is 18.8 Å². The molecule has 3 aromatic rings. The quantitative estimate of drug-likeness (QED) is 0.372. The molecule has 3 aromatic heterocycles. The van der Waals surface area contributed by atoms with Crippen LogP contribution in [0.15, 0.2) is 30.7 Å². The Morgan fingerprint density at radius 2 is 1.92 bits per heavy atom. The Hall–Kier alpha value is -4.50. The number of nitrogen functional groups attached to an aromatic ring is 1. The van der Waals surface area contributed by atoms with Crippen LogP contribution in [0.4, 0.5) is 15.5 Å². The summed E-state index contributed by atoms with van der Waals surface area (Å²) in [7, 11) is 0. The Balaban J connectivity index is 1.56. The molecule has 12 heteroatoms. The number of carbonyl (C=O) groups is 3. The molecule has 0 unspecified atom stereocenters. The molecule has 0 bridgehead atoms. The van der Waals surface area contributed by atoms with Gasteiger partial charge in [0, 0.05) is 36.4 Å². The summed E-state index contributed by atoms with van der Waals surface area (Å²) in [6.45, 7) is 8.72. The molecule has 0 radical (unpaired) electrons. The number of nitrogens with two attached hydrogens (primary N) is 1. The molecule has 12 nitrogen and oxygen atoms in total. The Kier molecular flexibility index (Phi) is 7.30. The minimum absolute atomic E-state index is 0.135. The van der Waals surface area contributed by atoms with Crippen molar-refractivity contribution in [1.82, 2.24) is 29.3 Å². The monoisotopic (exact) mass is 533 g/mol. The van der Waals surface area contributed by atoms with Crippen molar-refractivity contribution in [3.63, 3.8) is 0 Å². The zero-order chi connectivity index (χ0) is 28.5. The molecular weight excluding hydrogens is 502 g/mol. The molecule has 0 spiro atoms. The Bertz CT molecular complexity index is 1500. The van der Waals surface area contributed by atoms with Crippen LogP contribution in [0.1, 0.15) is 46.7 Å². The SMILES string of the molecule is CC(C)(O)C#Cc1cc2c(-c3ccnc(N)n3)cn(CCCN3CC(=O)N(C(=O)OC(C)(C)C)C3=O)c2cn1. The van der Waals surface area contributed by atoms with Crippen LogP contribution < -0.4 is 5.73 Å². The number of ether oxygens (including phenoxy) is 1. The van der Waals surface area contributed by atoms with E-state index in [9.17, 15) is 19.5 Å².